The Balaban J connectivity index is 2.82. The number of nitrogens with one attached hydrogen (secondary N) is 1. The Morgan fingerprint density at radius 2 is 2.22 bits per heavy atom. The first-order valence-electron chi connectivity index (χ1n) is 6.33. The van der Waals surface area contributed by atoms with Gasteiger partial charge in [0.2, 0.25) is 0 Å². The molecule has 1 aromatic rings. The largest absolute Gasteiger partial charge is 0.383 e. The maximum atomic E-state index is 6.00. The number of aromatic nitrogens is 1. The van der Waals surface area contributed by atoms with E-state index in [1.54, 1.807) is 6.20 Å². The summed E-state index contributed by atoms with van der Waals surface area (Å²) in [5.41, 5.74) is 6.94. The number of hydrogen-bond acceptors (Lipinski definition) is 4. The minimum Gasteiger partial charge on any atom is -0.383 e. The maximum Gasteiger partial charge on any atom is 0.128 e. The van der Waals surface area contributed by atoms with Gasteiger partial charge < -0.3 is 16.0 Å². The van der Waals surface area contributed by atoms with Crippen LogP contribution >= 0.6 is 11.6 Å². The van der Waals surface area contributed by atoms with E-state index in [0.717, 1.165) is 31.5 Å². The van der Waals surface area contributed by atoms with Gasteiger partial charge >= 0.3 is 0 Å². The summed E-state index contributed by atoms with van der Waals surface area (Å²) >= 11 is 6.00. The fraction of sp³-hybridized carbons (Fsp3) is 0.615. The average Bonchev–Trinajstić information content (AvgIpc) is 2.32. The van der Waals surface area contributed by atoms with Crippen molar-refractivity contribution in [1.82, 2.24) is 15.2 Å². The van der Waals surface area contributed by atoms with E-state index in [0.29, 0.717) is 10.8 Å². The van der Waals surface area contributed by atoms with Crippen LogP contribution in [-0.2, 0) is 0 Å². The molecule has 0 spiro atoms. The van der Waals surface area contributed by atoms with Crippen LogP contribution in [0.5, 0.6) is 0 Å². The summed E-state index contributed by atoms with van der Waals surface area (Å²) in [5, 5.41) is 4.14. The Bertz CT molecular complexity index is 368. The topological polar surface area (TPSA) is 54.2 Å². The van der Waals surface area contributed by atoms with Gasteiger partial charge in [0, 0.05) is 17.8 Å². The van der Waals surface area contributed by atoms with Crippen molar-refractivity contribution in [3.8, 4) is 0 Å². The van der Waals surface area contributed by atoms with Crippen LogP contribution in [0.3, 0.4) is 0 Å². The smallest absolute Gasteiger partial charge is 0.128 e. The van der Waals surface area contributed by atoms with E-state index in [1.165, 1.54) is 0 Å². The third kappa shape index (κ3) is 4.80. The lowest BCUT2D eigenvalue weighted by Crippen LogP contribution is -2.27. The predicted octanol–water partition coefficient (Wildman–Crippen LogP) is 2.31. The normalized spacial score (nSPS) is 12.9. The molecule has 0 radical (unpaired) electrons. The molecule has 1 atom stereocenters. The first-order valence-corrected chi connectivity index (χ1v) is 6.71. The highest BCUT2D eigenvalue weighted by Crippen LogP contribution is 2.24. The van der Waals surface area contributed by atoms with E-state index in [-0.39, 0.29) is 6.04 Å². The lowest BCUT2D eigenvalue weighted by molar-refractivity contribution is 0.361. The van der Waals surface area contributed by atoms with Gasteiger partial charge in [-0.15, -0.1) is 0 Å². The average molecular weight is 271 g/mol. The molecule has 4 nitrogen and oxygen atoms in total. The van der Waals surface area contributed by atoms with Crippen molar-refractivity contribution in [2.45, 2.75) is 25.8 Å². The maximum absolute atomic E-state index is 6.00. The van der Waals surface area contributed by atoms with Crippen LogP contribution in [0, 0.1) is 0 Å². The van der Waals surface area contributed by atoms with Crippen molar-refractivity contribution < 1.29 is 0 Å². The van der Waals surface area contributed by atoms with Gasteiger partial charge in [0.15, 0.2) is 0 Å². The number of halogens is 1. The van der Waals surface area contributed by atoms with Crippen molar-refractivity contribution in [2.24, 2.45) is 0 Å². The molecule has 0 aliphatic heterocycles. The van der Waals surface area contributed by atoms with E-state index in [1.807, 2.05) is 6.07 Å². The van der Waals surface area contributed by atoms with Gasteiger partial charge in [-0.1, -0.05) is 18.5 Å². The second-order valence-electron chi connectivity index (χ2n) is 4.73. The molecule has 18 heavy (non-hydrogen) atoms. The molecule has 5 heteroatoms. The van der Waals surface area contributed by atoms with Crippen molar-refractivity contribution >= 4 is 17.4 Å². The number of nitrogen functional groups attached to an aromatic ring is 1. The van der Waals surface area contributed by atoms with Gasteiger partial charge in [-0.05, 0) is 46.1 Å². The lowest BCUT2D eigenvalue weighted by Gasteiger charge is -2.22. The van der Waals surface area contributed by atoms with E-state index in [4.69, 9.17) is 17.3 Å². The number of pyridine rings is 1. The number of nitrogens with two attached hydrogens (primary N) is 1. The van der Waals surface area contributed by atoms with Crippen LogP contribution in [0.15, 0.2) is 12.3 Å². The van der Waals surface area contributed by atoms with Crippen molar-refractivity contribution in [2.75, 3.05) is 32.9 Å². The van der Waals surface area contributed by atoms with Crippen LogP contribution in [-0.4, -0.2) is 37.1 Å². The molecule has 0 saturated heterocycles. The predicted molar refractivity (Wildman–Crippen MR) is 77.9 cm³/mol. The SMILES string of the molecule is CCCNC(CCN(C)C)c1cc(Cl)cnc1N. The zero-order chi connectivity index (χ0) is 13.5. The summed E-state index contributed by atoms with van der Waals surface area (Å²) in [6.45, 7) is 4.10. The van der Waals surface area contributed by atoms with Gasteiger partial charge in [0.05, 0.1) is 5.02 Å². The monoisotopic (exact) mass is 270 g/mol. The summed E-state index contributed by atoms with van der Waals surface area (Å²) in [4.78, 5) is 6.29. The molecule has 3 N–H and O–H groups in total. The highest BCUT2D eigenvalue weighted by molar-refractivity contribution is 6.30. The first-order chi connectivity index (χ1) is 8.54. The number of rotatable bonds is 7. The molecule has 0 aromatic carbocycles. The summed E-state index contributed by atoms with van der Waals surface area (Å²) in [6.07, 6.45) is 3.66. The van der Waals surface area contributed by atoms with Gasteiger partial charge in [0.25, 0.3) is 0 Å². The molecule has 0 bridgehead atoms. The van der Waals surface area contributed by atoms with Crippen LogP contribution in [0.1, 0.15) is 31.4 Å². The third-order valence-electron chi connectivity index (χ3n) is 2.80. The molecule has 0 amide bonds. The minimum absolute atomic E-state index is 0.207. The lowest BCUT2D eigenvalue weighted by atomic mass is 10.0. The van der Waals surface area contributed by atoms with Crippen molar-refractivity contribution in [1.29, 1.82) is 0 Å². The number of nitrogens with zero attached hydrogens (tertiary/aromatic N) is 2. The quantitative estimate of drug-likeness (QED) is 0.798. The van der Waals surface area contributed by atoms with Crippen LogP contribution in [0.2, 0.25) is 5.02 Å². The van der Waals surface area contributed by atoms with Crippen LogP contribution in [0.4, 0.5) is 5.82 Å². The summed E-state index contributed by atoms with van der Waals surface area (Å²) in [6, 6.07) is 2.12. The zero-order valence-electron chi connectivity index (χ0n) is 11.4. The highest BCUT2D eigenvalue weighted by Gasteiger charge is 2.15. The number of hydrogen-bond donors (Lipinski definition) is 2. The summed E-state index contributed by atoms with van der Waals surface area (Å²) < 4.78 is 0. The summed E-state index contributed by atoms with van der Waals surface area (Å²) in [7, 11) is 4.13. The Hall–Kier alpha value is -0.840. The zero-order valence-corrected chi connectivity index (χ0v) is 12.2. The molecule has 1 heterocycles. The van der Waals surface area contributed by atoms with E-state index >= 15 is 0 Å². The van der Waals surface area contributed by atoms with Gasteiger partial charge in [-0.2, -0.15) is 0 Å². The van der Waals surface area contributed by atoms with Gasteiger partial charge in [0.1, 0.15) is 5.82 Å². The molecular formula is C13H23ClN4. The first kappa shape index (κ1) is 15.2. The van der Waals surface area contributed by atoms with Gasteiger partial charge in [-0.25, -0.2) is 4.98 Å². The Kier molecular flexibility index (Phi) is 6.39. The van der Waals surface area contributed by atoms with Gasteiger partial charge in [-0.3, -0.25) is 0 Å². The Labute approximate surface area is 115 Å². The second kappa shape index (κ2) is 7.56. The van der Waals surface area contributed by atoms with E-state index in [2.05, 4.69) is 36.2 Å². The Morgan fingerprint density at radius 1 is 1.50 bits per heavy atom. The molecular weight excluding hydrogens is 248 g/mol. The molecule has 102 valence electrons. The number of anilines is 1. The third-order valence-corrected chi connectivity index (χ3v) is 3.00. The van der Waals surface area contributed by atoms with E-state index < -0.39 is 0 Å². The minimum atomic E-state index is 0.207. The van der Waals surface area contributed by atoms with Crippen LogP contribution < -0.4 is 11.1 Å². The molecule has 1 aromatic heterocycles. The second-order valence-corrected chi connectivity index (χ2v) is 5.16. The molecule has 0 fully saturated rings. The highest BCUT2D eigenvalue weighted by atomic mass is 35.5. The van der Waals surface area contributed by atoms with E-state index in [9.17, 15) is 0 Å². The molecule has 0 aliphatic rings. The van der Waals surface area contributed by atoms with Crippen molar-refractivity contribution in [3.63, 3.8) is 0 Å². The fourth-order valence-electron chi connectivity index (χ4n) is 1.82. The molecule has 0 aliphatic carbocycles. The molecule has 1 unspecified atom stereocenters. The van der Waals surface area contributed by atoms with Crippen molar-refractivity contribution in [3.05, 3.63) is 22.8 Å². The summed E-state index contributed by atoms with van der Waals surface area (Å²) in [5.74, 6) is 0.562. The molecule has 0 saturated carbocycles. The fourth-order valence-corrected chi connectivity index (χ4v) is 1.98. The Morgan fingerprint density at radius 3 is 2.83 bits per heavy atom. The standard InChI is InChI=1S/C13H23ClN4/c1-4-6-16-12(5-7-18(2)3)11-8-10(14)9-17-13(11)15/h8-9,12,16H,4-7H2,1-3H3,(H2,15,17). The molecule has 1 rings (SSSR count). The van der Waals surface area contributed by atoms with Crippen LogP contribution in [0.25, 0.3) is 0 Å².